The minimum atomic E-state index is -0.658. The van der Waals surface area contributed by atoms with E-state index in [9.17, 15) is 4.79 Å². The predicted molar refractivity (Wildman–Crippen MR) is 98.2 cm³/mol. The highest BCUT2D eigenvalue weighted by molar-refractivity contribution is 6.41. The lowest BCUT2D eigenvalue weighted by molar-refractivity contribution is -0.0333. The number of carbonyl (C=O) groups is 1. The minimum Gasteiger partial charge on any atom is -0.378 e. The summed E-state index contributed by atoms with van der Waals surface area (Å²) in [6.45, 7) is 1.75. The summed E-state index contributed by atoms with van der Waals surface area (Å²) >= 11 is 0. The van der Waals surface area contributed by atoms with Gasteiger partial charge in [0.1, 0.15) is 17.5 Å². The van der Waals surface area contributed by atoms with Crippen molar-refractivity contribution < 1.29 is 14.3 Å². The molecule has 0 saturated carbocycles. The maximum atomic E-state index is 11.1. The van der Waals surface area contributed by atoms with E-state index in [4.69, 9.17) is 20.2 Å². The van der Waals surface area contributed by atoms with Crippen molar-refractivity contribution in [1.29, 1.82) is 0 Å². The highest BCUT2D eigenvalue weighted by Gasteiger charge is 2.43. The molecule has 0 radical (unpaired) electrons. The number of ether oxygens (including phenoxy) is 2. The Bertz CT molecular complexity index is 897. The molecule has 2 aliphatic heterocycles. The fourth-order valence-corrected chi connectivity index (χ4v) is 3.45. The monoisotopic (exact) mass is 356 g/mol. The molecule has 2 aliphatic rings. The van der Waals surface area contributed by atoms with Crippen LogP contribution in [0, 0.1) is 0 Å². The third-order valence-corrected chi connectivity index (χ3v) is 4.91. The van der Waals surface area contributed by atoms with Crippen LogP contribution in [0.3, 0.4) is 0 Å². The normalized spacial score (nSPS) is 25.4. The van der Waals surface area contributed by atoms with Crippen molar-refractivity contribution in [2.45, 2.75) is 18.1 Å². The summed E-state index contributed by atoms with van der Waals surface area (Å²) in [7, 11) is 1.70. The lowest BCUT2D eigenvalue weighted by Gasteiger charge is -2.33. The first-order chi connectivity index (χ1) is 12.6. The molecule has 4 N–H and O–H groups in total. The summed E-state index contributed by atoms with van der Waals surface area (Å²) in [6, 6.07) is 0.996. The number of fused-ring (bicyclic) bond motifs is 1. The first-order valence-corrected chi connectivity index (χ1v) is 8.36. The standard InChI is InChI=1S/C17H20N6O3/c1-25-17(2-3-26-9-17)14-8-19-6-13(22-14)11-5-20-12-7-21-15(4-10(11)12)23-16(18)24/h4-7,14,20H,2-3,8-9H2,1H3,(H3,18,21,23,24)/t14?,17-/m0/s1. The van der Waals surface area contributed by atoms with Crippen molar-refractivity contribution in [3.8, 4) is 0 Å². The molecule has 0 aliphatic carbocycles. The lowest BCUT2D eigenvalue weighted by Crippen LogP contribution is -2.47. The molecule has 0 bridgehead atoms. The van der Waals surface area contributed by atoms with Crippen molar-refractivity contribution >= 4 is 34.7 Å². The van der Waals surface area contributed by atoms with Gasteiger partial charge >= 0.3 is 6.03 Å². The zero-order valence-electron chi connectivity index (χ0n) is 14.4. The van der Waals surface area contributed by atoms with Crippen LogP contribution in [0.5, 0.6) is 0 Å². The van der Waals surface area contributed by atoms with Crippen LogP contribution in [0.25, 0.3) is 10.9 Å². The number of amides is 2. The molecule has 2 aromatic rings. The van der Waals surface area contributed by atoms with Gasteiger partial charge in [0, 0.05) is 43.5 Å². The van der Waals surface area contributed by atoms with Gasteiger partial charge in [-0.2, -0.15) is 0 Å². The number of nitrogens with two attached hydrogens (primary N) is 1. The Hall–Kier alpha value is -2.78. The largest absolute Gasteiger partial charge is 0.378 e. The molecule has 9 nitrogen and oxygen atoms in total. The number of urea groups is 1. The third kappa shape index (κ3) is 2.85. The molecule has 4 rings (SSSR count). The molecule has 1 saturated heterocycles. The van der Waals surface area contributed by atoms with E-state index in [-0.39, 0.29) is 6.04 Å². The summed E-state index contributed by atoms with van der Waals surface area (Å²) in [5, 5.41) is 3.37. The average molecular weight is 356 g/mol. The molecular weight excluding hydrogens is 336 g/mol. The number of primary amides is 1. The molecular formula is C17H20N6O3. The van der Waals surface area contributed by atoms with E-state index >= 15 is 0 Å². The van der Waals surface area contributed by atoms with Gasteiger partial charge in [0.15, 0.2) is 0 Å². The molecule has 1 fully saturated rings. The van der Waals surface area contributed by atoms with E-state index in [1.165, 1.54) is 0 Å². The number of anilines is 1. The van der Waals surface area contributed by atoms with Gasteiger partial charge < -0.3 is 20.2 Å². The maximum absolute atomic E-state index is 11.1. The maximum Gasteiger partial charge on any atom is 0.317 e. The second-order valence-corrected chi connectivity index (χ2v) is 6.40. The summed E-state index contributed by atoms with van der Waals surface area (Å²) in [5.41, 5.74) is 7.21. The van der Waals surface area contributed by atoms with Crippen molar-refractivity contribution in [2.24, 2.45) is 15.7 Å². The quantitative estimate of drug-likeness (QED) is 0.758. The Balaban J connectivity index is 1.72. The third-order valence-electron chi connectivity index (χ3n) is 4.91. The van der Waals surface area contributed by atoms with Crippen LogP contribution in [0.1, 0.15) is 12.0 Å². The second-order valence-electron chi connectivity index (χ2n) is 6.40. The molecule has 2 amide bonds. The van der Waals surface area contributed by atoms with Crippen LogP contribution in [0.2, 0.25) is 0 Å². The number of H-pyrrole nitrogens is 1. The molecule has 0 aromatic carbocycles. The topological polar surface area (TPSA) is 127 Å². The van der Waals surface area contributed by atoms with E-state index in [2.05, 4.69) is 20.3 Å². The number of nitrogens with zero attached hydrogens (tertiary/aromatic N) is 3. The van der Waals surface area contributed by atoms with Gasteiger partial charge in [0.05, 0.1) is 30.6 Å². The zero-order chi connectivity index (χ0) is 18.1. The number of rotatable bonds is 4. The number of aliphatic imine (C=N–C) groups is 2. The molecule has 2 atom stereocenters. The second kappa shape index (κ2) is 6.50. The number of aromatic amines is 1. The number of pyridine rings is 1. The molecule has 9 heteroatoms. The van der Waals surface area contributed by atoms with Gasteiger partial charge in [-0.3, -0.25) is 15.3 Å². The first kappa shape index (κ1) is 16.7. The molecule has 2 aromatic heterocycles. The van der Waals surface area contributed by atoms with Crippen molar-refractivity contribution in [2.75, 3.05) is 32.2 Å². The summed E-state index contributed by atoms with van der Waals surface area (Å²) in [4.78, 5) is 27.8. The van der Waals surface area contributed by atoms with Crippen LogP contribution >= 0.6 is 0 Å². The summed E-state index contributed by atoms with van der Waals surface area (Å²) in [6.07, 6.45) is 6.06. The SMILES string of the molecule is CO[C@@]1(C2CN=CC(c3c[nH]c4cnc(NC(N)=O)cc34)=N2)CCOC1. The fraction of sp³-hybridized carbons (Fsp3) is 0.412. The van der Waals surface area contributed by atoms with Crippen molar-refractivity contribution in [3.63, 3.8) is 0 Å². The minimum absolute atomic E-state index is 0.106. The van der Waals surface area contributed by atoms with Crippen LogP contribution in [-0.2, 0) is 9.47 Å². The molecule has 0 spiro atoms. The smallest absolute Gasteiger partial charge is 0.317 e. The van der Waals surface area contributed by atoms with Crippen molar-refractivity contribution in [3.05, 3.63) is 24.0 Å². The number of aromatic nitrogens is 2. The van der Waals surface area contributed by atoms with Crippen LogP contribution in [0.4, 0.5) is 10.6 Å². The van der Waals surface area contributed by atoms with Gasteiger partial charge in [0.2, 0.25) is 0 Å². The van der Waals surface area contributed by atoms with Crippen LogP contribution in [0.15, 0.2) is 28.4 Å². The van der Waals surface area contributed by atoms with Crippen molar-refractivity contribution in [1.82, 2.24) is 9.97 Å². The predicted octanol–water partition coefficient (Wildman–Crippen LogP) is 1.10. The number of hydrogen-bond acceptors (Lipinski definition) is 6. The summed E-state index contributed by atoms with van der Waals surface area (Å²) < 4.78 is 11.3. The highest BCUT2D eigenvalue weighted by Crippen LogP contribution is 2.31. The molecule has 26 heavy (non-hydrogen) atoms. The molecule has 4 heterocycles. The fourth-order valence-electron chi connectivity index (χ4n) is 3.45. The van der Waals surface area contributed by atoms with Gasteiger partial charge in [-0.05, 0) is 6.07 Å². The Morgan fingerprint density at radius 1 is 1.54 bits per heavy atom. The average Bonchev–Trinajstić information content (AvgIpc) is 3.29. The highest BCUT2D eigenvalue weighted by atomic mass is 16.5. The number of carbonyl (C=O) groups excluding carboxylic acids is 1. The molecule has 1 unspecified atom stereocenters. The zero-order valence-corrected chi connectivity index (χ0v) is 14.4. The summed E-state index contributed by atoms with van der Waals surface area (Å²) in [5.74, 6) is 0.383. The number of hydrogen-bond donors (Lipinski definition) is 3. The van der Waals surface area contributed by atoms with Crippen LogP contribution in [-0.4, -0.2) is 66.4 Å². The van der Waals surface area contributed by atoms with E-state index in [0.29, 0.717) is 25.6 Å². The van der Waals surface area contributed by atoms with E-state index in [1.807, 2.05) is 6.20 Å². The Labute approximate surface area is 149 Å². The van der Waals surface area contributed by atoms with Gasteiger partial charge in [-0.15, -0.1) is 0 Å². The molecule has 136 valence electrons. The van der Waals surface area contributed by atoms with Gasteiger partial charge in [-0.1, -0.05) is 0 Å². The number of methoxy groups -OCH3 is 1. The van der Waals surface area contributed by atoms with Gasteiger partial charge in [0.25, 0.3) is 0 Å². The van der Waals surface area contributed by atoms with E-state index < -0.39 is 11.6 Å². The first-order valence-electron chi connectivity index (χ1n) is 8.36. The van der Waals surface area contributed by atoms with Gasteiger partial charge in [-0.25, -0.2) is 9.78 Å². The van der Waals surface area contributed by atoms with E-state index in [1.54, 1.807) is 25.6 Å². The lowest BCUT2D eigenvalue weighted by atomic mass is 9.92. The Kier molecular flexibility index (Phi) is 4.17. The Morgan fingerprint density at radius 3 is 3.15 bits per heavy atom. The van der Waals surface area contributed by atoms with Crippen LogP contribution < -0.4 is 11.1 Å². The van der Waals surface area contributed by atoms with E-state index in [0.717, 1.165) is 28.6 Å². The number of nitrogens with one attached hydrogen (secondary N) is 2. The Morgan fingerprint density at radius 2 is 2.42 bits per heavy atom.